The van der Waals surface area contributed by atoms with Gasteiger partial charge in [0.15, 0.2) is 0 Å². The van der Waals surface area contributed by atoms with E-state index in [1.165, 1.54) is 6.92 Å². The summed E-state index contributed by atoms with van der Waals surface area (Å²) in [6.45, 7) is 15.8. The lowest BCUT2D eigenvalue weighted by atomic mass is 9.85. The molecular formula is C25H36N4O3S. The standard InChI is InChI=1S/C25H36N4O3S/c1-8-19(21-17(3)27-15-33-21)12-11-16(2)14-26-23(31)20-10-9-13-29(20)24(32)22(25(5,6)7)28-18(4)30/h8,11-12,15,20,22H,1,9-10,13-14H2,2-7H3,(H,26,31)(H,28,30)/b16-11+,19-12+. The normalized spacial score (nSPS) is 18.1. The van der Waals surface area contributed by atoms with Gasteiger partial charge in [-0.1, -0.05) is 51.2 Å². The number of thiazole rings is 1. The van der Waals surface area contributed by atoms with Gasteiger partial charge < -0.3 is 15.5 Å². The van der Waals surface area contributed by atoms with Crippen LogP contribution in [0.3, 0.4) is 0 Å². The van der Waals surface area contributed by atoms with Gasteiger partial charge >= 0.3 is 0 Å². The summed E-state index contributed by atoms with van der Waals surface area (Å²) in [7, 11) is 0. The Morgan fingerprint density at radius 2 is 2.00 bits per heavy atom. The van der Waals surface area contributed by atoms with Crippen molar-refractivity contribution in [1.29, 1.82) is 0 Å². The van der Waals surface area contributed by atoms with Gasteiger partial charge in [0.25, 0.3) is 0 Å². The van der Waals surface area contributed by atoms with Crippen LogP contribution in [0.15, 0.2) is 35.9 Å². The fourth-order valence-corrected chi connectivity index (χ4v) is 4.60. The quantitative estimate of drug-likeness (QED) is 0.565. The molecule has 1 aliphatic rings. The van der Waals surface area contributed by atoms with Gasteiger partial charge in [0.05, 0.1) is 16.1 Å². The molecule has 8 heteroatoms. The number of nitrogens with one attached hydrogen (secondary N) is 2. The fraction of sp³-hybridized carbons (Fsp3) is 0.520. The number of rotatable bonds is 8. The van der Waals surface area contributed by atoms with Crippen molar-refractivity contribution in [1.82, 2.24) is 20.5 Å². The lowest BCUT2D eigenvalue weighted by molar-refractivity contribution is -0.143. The minimum Gasteiger partial charge on any atom is -0.351 e. The third-order valence-electron chi connectivity index (χ3n) is 5.62. The van der Waals surface area contributed by atoms with Crippen molar-refractivity contribution in [2.24, 2.45) is 5.41 Å². The molecule has 2 heterocycles. The number of likely N-dealkylation sites (tertiary alicyclic amines) is 1. The summed E-state index contributed by atoms with van der Waals surface area (Å²) in [6.07, 6.45) is 7.10. The zero-order chi connectivity index (χ0) is 24.8. The van der Waals surface area contributed by atoms with Gasteiger partial charge in [0.2, 0.25) is 17.7 Å². The molecule has 1 aromatic rings. The number of aromatic nitrogens is 1. The number of carbonyl (C=O) groups is 3. The number of hydrogen-bond donors (Lipinski definition) is 2. The highest BCUT2D eigenvalue weighted by Gasteiger charge is 2.41. The predicted molar refractivity (Wildman–Crippen MR) is 134 cm³/mol. The fourth-order valence-electron chi connectivity index (χ4n) is 3.77. The molecule has 0 aliphatic carbocycles. The Balaban J connectivity index is 2.05. The summed E-state index contributed by atoms with van der Waals surface area (Å²) < 4.78 is 0. The number of nitrogens with zero attached hydrogens (tertiary/aromatic N) is 2. The number of amides is 3. The molecule has 3 amide bonds. The van der Waals surface area contributed by atoms with Gasteiger partial charge in [-0.3, -0.25) is 14.4 Å². The molecule has 33 heavy (non-hydrogen) atoms. The highest BCUT2D eigenvalue weighted by molar-refractivity contribution is 7.11. The monoisotopic (exact) mass is 472 g/mol. The van der Waals surface area contributed by atoms with Gasteiger partial charge in [0.1, 0.15) is 12.1 Å². The predicted octanol–water partition coefficient (Wildman–Crippen LogP) is 3.63. The number of aryl methyl sites for hydroxylation is 1. The van der Waals surface area contributed by atoms with E-state index in [4.69, 9.17) is 0 Å². The van der Waals surface area contributed by atoms with Crippen molar-refractivity contribution in [2.75, 3.05) is 13.1 Å². The van der Waals surface area contributed by atoms with E-state index in [-0.39, 0.29) is 17.7 Å². The molecule has 1 aliphatic heterocycles. The van der Waals surface area contributed by atoms with Crippen LogP contribution in [0, 0.1) is 12.3 Å². The van der Waals surface area contributed by atoms with E-state index < -0.39 is 17.5 Å². The summed E-state index contributed by atoms with van der Waals surface area (Å²) >= 11 is 1.57. The smallest absolute Gasteiger partial charge is 0.246 e. The molecule has 180 valence electrons. The van der Waals surface area contributed by atoms with Crippen molar-refractivity contribution in [3.8, 4) is 0 Å². The molecule has 2 rings (SSSR count). The van der Waals surface area contributed by atoms with Gasteiger partial charge in [-0.15, -0.1) is 11.3 Å². The summed E-state index contributed by atoms with van der Waals surface area (Å²) in [4.78, 5) is 44.8. The van der Waals surface area contributed by atoms with Crippen molar-refractivity contribution in [3.63, 3.8) is 0 Å². The molecule has 0 saturated carbocycles. The highest BCUT2D eigenvalue weighted by Crippen LogP contribution is 2.26. The second-order valence-electron chi connectivity index (χ2n) is 9.51. The third-order valence-corrected chi connectivity index (χ3v) is 6.59. The molecule has 7 nitrogen and oxygen atoms in total. The summed E-state index contributed by atoms with van der Waals surface area (Å²) in [5, 5.41) is 5.73. The Kier molecular flexibility index (Phi) is 9.16. The average Bonchev–Trinajstić information content (AvgIpc) is 3.39. The zero-order valence-corrected chi connectivity index (χ0v) is 21.3. The van der Waals surface area contributed by atoms with Crippen LogP contribution in [0.4, 0.5) is 0 Å². The van der Waals surface area contributed by atoms with Crippen LogP contribution in [-0.2, 0) is 14.4 Å². The first-order valence-corrected chi connectivity index (χ1v) is 12.1. The van der Waals surface area contributed by atoms with E-state index in [1.807, 2.05) is 52.3 Å². The first kappa shape index (κ1) is 26.5. The van der Waals surface area contributed by atoms with Gasteiger partial charge in [-0.05, 0) is 37.7 Å². The van der Waals surface area contributed by atoms with Gasteiger partial charge in [-0.2, -0.15) is 0 Å². The van der Waals surface area contributed by atoms with E-state index in [1.54, 1.807) is 22.3 Å². The average molecular weight is 473 g/mol. The molecule has 0 spiro atoms. The Morgan fingerprint density at radius 1 is 1.30 bits per heavy atom. The summed E-state index contributed by atoms with van der Waals surface area (Å²) in [5.41, 5.74) is 4.27. The van der Waals surface area contributed by atoms with E-state index in [9.17, 15) is 14.4 Å². The van der Waals surface area contributed by atoms with Crippen LogP contribution in [0.25, 0.3) is 5.57 Å². The Labute approximate surface area is 201 Å². The van der Waals surface area contributed by atoms with Crippen LogP contribution in [0.2, 0.25) is 0 Å². The summed E-state index contributed by atoms with van der Waals surface area (Å²) in [6, 6.07) is -1.20. The van der Waals surface area contributed by atoms with Crippen molar-refractivity contribution in [2.45, 2.75) is 66.5 Å². The van der Waals surface area contributed by atoms with E-state index in [2.05, 4.69) is 22.2 Å². The minimum atomic E-state index is -0.678. The first-order chi connectivity index (χ1) is 15.5. The maximum atomic E-state index is 13.2. The molecule has 2 atom stereocenters. The van der Waals surface area contributed by atoms with Crippen molar-refractivity contribution >= 4 is 34.6 Å². The number of carbonyl (C=O) groups excluding carboxylic acids is 3. The molecular weight excluding hydrogens is 436 g/mol. The van der Waals surface area contributed by atoms with Crippen LogP contribution < -0.4 is 10.6 Å². The third kappa shape index (κ3) is 7.12. The first-order valence-electron chi connectivity index (χ1n) is 11.2. The molecule has 2 N–H and O–H groups in total. The van der Waals surface area contributed by atoms with Crippen LogP contribution >= 0.6 is 11.3 Å². The largest absolute Gasteiger partial charge is 0.351 e. The second-order valence-corrected chi connectivity index (χ2v) is 10.4. The Bertz CT molecular complexity index is 955. The Hall–Kier alpha value is -2.74. The van der Waals surface area contributed by atoms with Crippen LogP contribution in [0.1, 0.15) is 58.0 Å². The van der Waals surface area contributed by atoms with Crippen molar-refractivity contribution < 1.29 is 14.4 Å². The maximum Gasteiger partial charge on any atom is 0.246 e. The van der Waals surface area contributed by atoms with Crippen LogP contribution in [-0.4, -0.2) is 52.8 Å². The lowest BCUT2D eigenvalue weighted by Crippen LogP contribution is -2.57. The molecule has 1 saturated heterocycles. The van der Waals surface area contributed by atoms with E-state index >= 15 is 0 Å². The van der Waals surface area contributed by atoms with Crippen molar-refractivity contribution in [3.05, 3.63) is 46.5 Å². The summed E-state index contributed by atoms with van der Waals surface area (Å²) in [5.74, 6) is -0.638. The lowest BCUT2D eigenvalue weighted by Gasteiger charge is -2.35. The molecule has 1 aromatic heterocycles. The molecule has 0 aromatic carbocycles. The zero-order valence-electron chi connectivity index (χ0n) is 20.5. The molecule has 2 unspecified atom stereocenters. The molecule has 1 fully saturated rings. The SMILES string of the molecule is C=C/C(=C\C=C(/C)CNC(=O)C1CCCN1C(=O)C(NC(C)=O)C(C)(C)C)c1scnc1C. The van der Waals surface area contributed by atoms with E-state index in [0.717, 1.165) is 28.1 Å². The molecule has 0 bridgehead atoms. The minimum absolute atomic E-state index is 0.171. The van der Waals surface area contributed by atoms with Crippen LogP contribution in [0.5, 0.6) is 0 Å². The van der Waals surface area contributed by atoms with Gasteiger partial charge in [-0.25, -0.2) is 4.98 Å². The van der Waals surface area contributed by atoms with Gasteiger partial charge in [0, 0.05) is 20.0 Å². The number of allylic oxidation sites excluding steroid dienone is 4. The van der Waals surface area contributed by atoms with E-state index in [0.29, 0.717) is 19.5 Å². The second kappa shape index (κ2) is 11.4. The number of hydrogen-bond acceptors (Lipinski definition) is 5. The molecule has 0 radical (unpaired) electrons. The highest BCUT2D eigenvalue weighted by atomic mass is 32.1. The topological polar surface area (TPSA) is 91.4 Å². The maximum absolute atomic E-state index is 13.2. The Morgan fingerprint density at radius 3 is 2.55 bits per heavy atom.